The van der Waals surface area contributed by atoms with Gasteiger partial charge in [0.05, 0.1) is 11.0 Å². The number of fused-ring (bicyclic) bond motifs is 1. The number of benzene rings is 1. The smallest absolute Gasteiger partial charge is 0.201 e. The number of imidazole rings is 1. The van der Waals surface area contributed by atoms with Gasteiger partial charge in [0, 0.05) is 15.9 Å². The molecule has 0 fully saturated rings. The number of aryl methyl sites for hydroxylation is 2. The summed E-state index contributed by atoms with van der Waals surface area (Å²) in [6, 6.07) is 10.3. The maximum atomic E-state index is 5.98. The normalized spacial score (nSPS) is 11.2. The van der Waals surface area contributed by atoms with Gasteiger partial charge in [-0.25, -0.2) is 4.98 Å². The fourth-order valence-corrected chi connectivity index (χ4v) is 3.07. The van der Waals surface area contributed by atoms with Gasteiger partial charge in [-0.2, -0.15) is 0 Å². The fourth-order valence-electron chi connectivity index (χ4n) is 2.03. The minimum absolute atomic E-state index is 0.583. The first-order chi connectivity index (χ1) is 8.74. The zero-order valence-electron chi connectivity index (χ0n) is 9.64. The maximum absolute atomic E-state index is 5.98. The van der Waals surface area contributed by atoms with Crippen molar-refractivity contribution in [3.05, 3.63) is 45.1 Å². The molecule has 0 aliphatic heterocycles. The molecule has 3 nitrogen and oxygen atoms in total. The Labute approximate surface area is 117 Å². The van der Waals surface area contributed by atoms with Crippen LogP contribution in [0, 0.1) is 0 Å². The van der Waals surface area contributed by atoms with Gasteiger partial charge in [-0.1, -0.05) is 22.0 Å². The lowest BCUT2D eigenvalue weighted by molar-refractivity contribution is 0.733. The van der Waals surface area contributed by atoms with Crippen molar-refractivity contribution in [2.24, 2.45) is 0 Å². The van der Waals surface area contributed by atoms with E-state index in [1.165, 1.54) is 4.88 Å². The first-order valence-electron chi connectivity index (χ1n) is 5.68. The van der Waals surface area contributed by atoms with E-state index in [2.05, 4.69) is 49.1 Å². The Kier molecular flexibility index (Phi) is 3.09. The van der Waals surface area contributed by atoms with Crippen LogP contribution in [0.15, 0.2) is 40.2 Å². The first-order valence-corrected chi connectivity index (χ1v) is 7.35. The van der Waals surface area contributed by atoms with E-state index in [-0.39, 0.29) is 0 Å². The molecule has 0 unspecified atom stereocenters. The number of hydrogen-bond acceptors (Lipinski definition) is 3. The van der Waals surface area contributed by atoms with E-state index >= 15 is 0 Å². The van der Waals surface area contributed by atoms with Crippen molar-refractivity contribution in [3.63, 3.8) is 0 Å². The molecule has 0 aliphatic rings. The topological polar surface area (TPSA) is 43.8 Å². The molecular weight excluding hydrogens is 310 g/mol. The Morgan fingerprint density at radius 3 is 3.00 bits per heavy atom. The molecule has 18 heavy (non-hydrogen) atoms. The number of aromatic nitrogens is 2. The van der Waals surface area contributed by atoms with Gasteiger partial charge < -0.3 is 10.3 Å². The molecule has 92 valence electrons. The second kappa shape index (κ2) is 4.74. The number of nitrogens with zero attached hydrogens (tertiary/aromatic N) is 2. The van der Waals surface area contributed by atoms with Gasteiger partial charge in [-0.15, -0.1) is 11.3 Å². The second-order valence-electron chi connectivity index (χ2n) is 4.08. The first kappa shape index (κ1) is 11.7. The zero-order valence-corrected chi connectivity index (χ0v) is 12.0. The predicted octanol–water partition coefficient (Wildman–Crippen LogP) is 3.69. The van der Waals surface area contributed by atoms with Crippen molar-refractivity contribution in [2.75, 3.05) is 5.73 Å². The lowest BCUT2D eigenvalue weighted by Gasteiger charge is -2.05. The Morgan fingerprint density at radius 2 is 2.22 bits per heavy atom. The summed E-state index contributed by atoms with van der Waals surface area (Å²) in [5.74, 6) is 0.583. The number of thiophene rings is 1. The van der Waals surface area contributed by atoms with Crippen LogP contribution in [-0.2, 0) is 13.0 Å². The highest BCUT2D eigenvalue weighted by Crippen LogP contribution is 2.23. The number of rotatable bonds is 3. The summed E-state index contributed by atoms with van der Waals surface area (Å²) in [5, 5.41) is 2.10. The van der Waals surface area contributed by atoms with Crippen molar-refractivity contribution in [3.8, 4) is 0 Å². The van der Waals surface area contributed by atoms with Crippen LogP contribution in [0.5, 0.6) is 0 Å². The number of hydrogen-bond donors (Lipinski definition) is 1. The van der Waals surface area contributed by atoms with Gasteiger partial charge >= 0.3 is 0 Å². The highest BCUT2D eigenvalue weighted by atomic mass is 79.9. The average molecular weight is 322 g/mol. The molecule has 2 N–H and O–H groups in total. The molecule has 0 atom stereocenters. The molecule has 0 amide bonds. The van der Waals surface area contributed by atoms with E-state index in [0.29, 0.717) is 5.95 Å². The monoisotopic (exact) mass is 321 g/mol. The molecule has 1 aromatic carbocycles. The van der Waals surface area contributed by atoms with E-state index in [4.69, 9.17) is 5.73 Å². The van der Waals surface area contributed by atoms with Crippen LogP contribution in [-0.4, -0.2) is 9.55 Å². The van der Waals surface area contributed by atoms with E-state index in [1.807, 2.05) is 12.1 Å². The van der Waals surface area contributed by atoms with Gasteiger partial charge in [0.15, 0.2) is 0 Å². The third-order valence-electron chi connectivity index (χ3n) is 2.90. The molecule has 0 spiro atoms. The van der Waals surface area contributed by atoms with Gasteiger partial charge in [-0.3, -0.25) is 0 Å². The summed E-state index contributed by atoms with van der Waals surface area (Å²) in [4.78, 5) is 5.74. The van der Waals surface area contributed by atoms with Crippen LogP contribution in [0.2, 0.25) is 0 Å². The predicted molar refractivity (Wildman–Crippen MR) is 79.9 cm³/mol. The SMILES string of the molecule is Nc1nc2ccc(Br)cc2n1CCc1cccs1. The lowest BCUT2D eigenvalue weighted by Crippen LogP contribution is -2.05. The van der Waals surface area contributed by atoms with Gasteiger partial charge in [0.2, 0.25) is 5.95 Å². The lowest BCUT2D eigenvalue weighted by atomic mass is 10.3. The summed E-state index contributed by atoms with van der Waals surface area (Å²) < 4.78 is 3.12. The second-order valence-corrected chi connectivity index (χ2v) is 6.03. The van der Waals surface area contributed by atoms with Crippen LogP contribution in [0.1, 0.15) is 4.88 Å². The van der Waals surface area contributed by atoms with Crippen LogP contribution in [0.25, 0.3) is 11.0 Å². The van der Waals surface area contributed by atoms with Gasteiger partial charge in [0.1, 0.15) is 0 Å². The number of nitrogen functional groups attached to an aromatic ring is 1. The van der Waals surface area contributed by atoms with Crippen LogP contribution in [0.3, 0.4) is 0 Å². The molecule has 5 heteroatoms. The molecule has 3 rings (SSSR count). The molecule has 3 aromatic rings. The van der Waals surface area contributed by atoms with Crippen LogP contribution >= 0.6 is 27.3 Å². The van der Waals surface area contributed by atoms with E-state index in [9.17, 15) is 0 Å². The molecule has 0 saturated carbocycles. The van der Waals surface area contributed by atoms with Crippen LogP contribution < -0.4 is 5.73 Å². The van der Waals surface area contributed by atoms with E-state index < -0.39 is 0 Å². The minimum Gasteiger partial charge on any atom is -0.369 e. The largest absolute Gasteiger partial charge is 0.369 e. The Morgan fingerprint density at radius 1 is 1.33 bits per heavy atom. The van der Waals surface area contributed by atoms with Crippen molar-refractivity contribution in [2.45, 2.75) is 13.0 Å². The Bertz CT molecular complexity index is 673. The van der Waals surface area contributed by atoms with Gasteiger partial charge in [-0.05, 0) is 36.1 Å². The standard InChI is InChI=1S/C13H12BrN3S/c14-9-3-4-11-12(8-9)17(13(15)16-11)6-5-10-2-1-7-18-10/h1-4,7-8H,5-6H2,(H2,15,16). The highest BCUT2D eigenvalue weighted by Gasteiger charge is 2.08. The number of halogens is 1. The molecular formula is C13H12BrN3S. The zero-order chi connectivity index (χ0) is 12.5. The summed E-state index contributed by atoms with van der Waals surface area (Å²) in [6.45, 7) is 0.860. The van der Waals surface area contributed by atoms with E-state index in [0.717, 1.165) is 28.5 Å². The quantitative estimate of drug-likeness (QED) is 0.799. The summed E-state index contributed by atoms with van der Waals surface area (Å²) >= 11 is 5.26. The third kappa shape index (κ3) is 2.15. The van der Waals surface area contributed by atoms with Crippen molar-refractivity contribution >= 4 is 44.2 Å². The molecule has 2 heterocycles. The van der Waals surface area contributed by atoms with Crippen molar-refractivity contribution < 1.29 is 0 Å². The fraction of sp³-hybridized carbons (Fsp3) is 0.154. The van der Waals surface area contributed by atoms with E-state index in [1.54, 1.807) is 11.3 Å². The Balaban J connectivity index is 1.95. The molecule has 0 bridgehead atoms. The highest BCUT2D eigenvalue weighted by molar-refractivity contribution is 9.10. The average Bonchev–Trinajstić information content (AvgIpc) is 2.94. The van der Waals surface area contributed by atoms with Gasteiger partial charge in [0.25, 0.3) is 0 Å². The van der Waals surface area contributed by atoms with Crippen LogP contribution in [0.4, 0.5) is 5.95 Å². The third-order valence-corrected chi connectivity index (χ3v) is 4.33. The van der Waals surface area contributed by atoms with Crippen molar-refractivity contribution in [1.29, 1.82) is 0 Å². The summed E-state index contributed by atoms with van der Waals surface area (Å²) in [5.41, 5.74) is 8.01. The maximum Gasteiger partial charge on any atom is 0.201 e. The molecule has 0 radical (unpaired) electrons. The Hall–Kier alpha value is -1.33. The summed E-state index contributed by atoms with van der Waals surface area (Å²) in [6.07, 6.45) is 0.986. The number of anilines is 1. The molecule has 0 saturated heterocycles. The molecule has 2 aromatic heterocycles. The minimum atomic E-state index is 0.583. The number of nitrogens with two attached hydrogens (primary N) is 1. The summed E-state index contributed by atoms with van der Waals surface area (Å²) in [7, 11) is 0. The molecule has 0 aliphatic carbocycles. The van der Waals surface area contributed by atoms with Crippen molar-refractivity contribution in [1.82, 2.24) is 9.55 Å².